The summed E-state index contributed by atoms with van der Waals surface area (Å²) in [5.74, 6) is -1.43. The average molecular weight is 547 g/mol. The molecule has 0 aromatic heterocycles. The van der Waals surface area contributed by atoms with E-state index in [4.69, 9.17) is 18.9 Å². The zero-order valence-corrected chi connectivity index (χ0v) is 22.7. The highest BCUT2D eigenvalue weighted by Gasteiger charge is 2.32. The fourth-order valence-corrected chi connectivity index (χ4v) is 5.92. The third-order valence-electron chi connectivity index (χ3n) is 7.26. The van der Waals surface area contributed by atoms with Crippen LogP contribution in [0, 0.1) is 0 Å². The number of benzene rings is 5. The standard InChI is InChI=1S/C30H26O10/c1-11(31)7-13-19-20-14(8-12(2)32)30(40-6)28(36)22-16(34)10-18(38-4)24(26(20)22)23-17(37-3)9-15(33)21(25(19)23)27(35)29(13)39-5/h9-10,33-34H,7-8H2,1-6H3. The highest BCUT2D eigenvalue weighted by atomic mass is 16.5. The van der Waals surface area contributed by atoms with Gasteiger partial charge in [0.15, 0.2) is 11.5 Å². The van der Waals surface area contributed by atoms with Crippen molar-refractivity contribution >= 4 is 54.7 Å². The van der Waals surface area contributed by atoms with Crippen molar-refractivity contribution in [1.82, 2.24) is 0 Å². The summed E-state index contributed by atoms with van der Waals surface area (Å²) in [7, 11) is 5.31. The summed E-state index contributed by atoms with van der Waals surface area (Å²) >= 11 is 0. The lowest BCUT2D eigenvalue weighted by atomic mass is 9.82. The largest absolute Gasteiger partial charge is 0.507 e. The maximum Gasteiger partial charge on any atom is 0.232 e. The van der Waals surface area contributed by atoms with Gasteiger partial charge in [0.2, 0.25) is 10.9 Å². The molecule has 0 saturated heterocycles. The van der Waals surface area contributed by atoms with Crippen molar-refractivity contribution in [3.63, 3.8) is 0 Å². The van der Waals surface area contributed by atoms with E-state index < -0.39 is 22.4 Å². The summed E-state index contributed by atoms with van der Waals surface area (Å²) < 4.78 is 22.3. The Balaban J connectivity index is 2.40. The fraction of sp³-hybridized carbons (Fsp3) is 0.267. The normalized spacial score (nSPS) is 11.6. The van der Waals surface area contributed by atoms with Crippen molar-refractivity contribution in [3.05, 3.63) is 43.7 Å². The number of Topliss-reactive ketones (excluding diaryl/α,β-unsaturated/α-hetero) is 2. The Kier molecular flexibility index (Phi) is 6.29. The molecule has 10 heteroatoms. The van der Waals surface area contributed by atoms with Crippen LogP contribution in [0.1, 0.15) is 25.0 Å². The molecule has 0 bridgehead atoms. The number of hydrogen-bond acceptors (Lipinski definition) is 10. The lowest BCUT2D eigenvalue weighted by molar-refractivity contribution is -0.117. The Morgan fingerprint density at radius 2 is 0.925 bits per heavy atom. The second-order valence-electron chi connectivity index (χ2n) is 9.64. The van der Waals surface area contributed by atoms with Gasteiger partial charge in [0, 0.05) is 57.6 Å². The number of phenolic OH excluding ortho intramolecular Hbond substituents is 2. The average Bonchev–Trinajstić information content (AvgIpc) is 2.89. The third-order valence-corrected chi connectivity index (χ3v) is 7.26. The molecule has 0 unspecified atom stereocenters. The van der Waals surface area contributed by atoms with Crippen LogP contribution in [-0.2, 0) is 22.4 Å². The van der Waals surface area contributed by atoms with Crippen LogP contribution in [0.2, 0.25) is 0 Å². The molecular weight excluding hydrogens is 520 g/mol. The zero-order chi connectivity index (χ0) is 29.2. The Morgan fingerprint density at radius 3 is 1.20 bits per heavy atom. The maximum atomic E-state index is 13.8. The Morgan fingerprint density at radius 1 is 0.575 bits per heavy atom. The molecule has 10 nitrogen and oxygen atoms in total. The minimum atomic E-state index is -0.656. The molecule has 0 spiro atoms. The molecule has 40 heavy (non-hydrogen) atoms. The van der Waals surface area contributed by atoms with Crippen molar-refractivity contribution in [1.29, 1.82) is 0 Å². The number of aromatic hydroxyl groups is 2. The molecule has 5 aromatic rings. The Hall–Kier alpha value is -4.86. The van der Waals surface area contributed by atoms with Gasteiger partial charge in [0.25, 0.3) is 0 Å². The van der Waals surface area contributed by atoms with Crippen LogP contribution in [0.4, 0.5) is 0 Å². The van der Waals surface area contributed by atoms with Gasteiger partial charge < -0.3 is 29.2 Å². The summed E-state index contributed by atoms with van der Waals surface area (Å²) in [6.45, 7) is 2.70. The Labute approximate surface area is 226 Å². The van der Waals surface area contributed by atoms with Crippen molar-refractivity contribution < 1.29 is 38.7 Å². The molecule has 0 amide bonds. The van der Waals surface area contributed by atoms with Gasteiger partial charge in [-0.25, -0.2) is 0 Å². The van der Waals surface area contributed by atoms with E-state index in [9.17, 15) is 29.4 Å². The molecule has 0 heterocycles. The topological polar surface area (TPSA) is 146 Å². The van der Waals surface area contributed by atoms with E-state index in [2.05, 4.69) is 0 Å². The SMILES string of the molecule is COc1c(CC(C)=O)c2c3c(CC(C)=O)c(OC)c(=O)c4c(O)cc(OC)c(c5c(OC)cc(O)c(c1=O)c52)c43. The van der Waals surface area contributed by atoms with Crippen LogP contribution in [0.5, 0.6) is 34.5 Å². The number of carbonyl (C=O) groups excluding carboxylic acids is 2. The molecule has 0 aliphatic carbocycles. The van der Waals surface area contributed by atoms with E-state index in [0.29, 0.717) is 10.8 Å². The van der Waals surface area contributed by atoms with Gasteiger partial charge in [-0.05, 0) is 24.6 Å². The summed E-state index contributed by atoms with van der Waals surface area (Å²) in [6, 6.07) is 2.54. The summed E-state index contributed by atoms with van der Waals surface area (Å²) in [4.78, 5) is 52.7. The minimum absolute atomic E-state index is 0.108. The van der Waals surface area contributed by atoms with Crippen LogP contribution < -0.4 is 29.8 Å². The van der Waals surface area contributed by atoms with E-state index in [0.717, 1.165) is 0 Å². The molecule has 5 rings (SSSR count). The van der Waals surface area contributed by atoms with Gasteiger partial charge in [0.1, 0.15) is 34.6 Å². The monoisotopic (exact) mass is 546 g/mol. The molecule has 5 aromatic carbocycles. The van der Waals surface area contributed by atoms with Gasteiger partial charge in [-0.3, -0.25) is 19.2 Å². The molecule has 0 aliphatic heterocycles. The van der Waals surface area contributed by atoms with Crippen molar-refractivity contribution in [3.8, 4) is 34.5 Å². The molecule has 0 atom stereocenters. The molecule has 0 saturated carbocycles. The fourth-order valence-electron chi connectivity index (χ4n) is 5.92. The first-order valence-electron chi connectivity index (χ1n) is 12.3. The van der Waals surface area contributed by atoms with E-state index in [1.807, 2.05) is 0 Å². The van der Waals surface area contributed by atoms with Crippen LogP contribution in [0.15, 0.2) is 21.7 Å². The number of hydrogen-bond donors (Lipinski definition) is 2. The van der Waals surface area contributed by atoms with E-state index in [1.165, 1.54) is 54.4 Å². The van der Waals surface area contributed by atoms with E-state index in [-0.39, 0.29) is 90.9 Å². The van der Waals surface area contributed by atoms with Gasteiger partial charge in [0.05, 0.1) is 39.2 Å². The number of ketones is 2. The highest BCUT2D eigenvalue weighted by Crippen LogP contribution is 2.53. The smallest absolute Gasteiger partial charge is 0.232 e. The minimum Gasteiger partial charge on any atom is -0.507 e. The second kappa shape index (κ2) is 9.41. The van der Waals surface area contributed by atoms with Crippen LogP contribution in [0.25, 0.3) is 43.1 Å². The van der Waals surface area contributed by atoms with Gasteiger partial charge in [-0.1, -0.05) is 0 Å². The number of fused-ring (bicyclic) bond motifs is 2. The molecule has 2 N–H and O–H groups in total. The summed E-state index contributed by atoms with van der Waals surface area (Å²) in [6.07, 6.45) is -0.482. The van der Waals surface area contributed by atoms with Crippen LogP contribution >= 0.6 is 0 Å². The van der Waals surface area contributed by atoms with E-state index >= 15 is 0 Å². The van der Waals surface area contributed by atoms with Gasteiger partial charge in [-0.15, -0.1) is 0 Å². The number of rotatable bonds is 8. The second-order valence-corrected chi connectivity index (χ2v) is 9.64. The Bertz CT molecular complexity index is 1860. The molecule has 0 fully saturated rings. The number of carbonyl (C=O) groups is 2. The maximum absolute atomic E-state index is 13.8. The van der Waals surface area contributed by atoms with E-state index in [1.54, 1.807) is 0 Å². The predicted octanol–water partition coefficient (Wildman–Crippen LogP) is 3.60. The van der Waals surface area contributed by atoms with Crippen molar-refractivity contribution in [2.45, 2.75) is 26.7 Å². The molecule has 0 aliphatic rings. The number of ether oxygens (including phenoxy) is 4. The van der Waals surface area contributed by atoms with Gasteiger partial charge >= 0.3 is 0 Å². The lowest BCUT2D eigenvalue weighted by Gasteiger charge is -2.24. The van der Waals surface area contributed by atoms with Crippen molar-refractivity contribution in [2.75, 3.05) is 28.4 Å². The first-order valence-corrected chi connectivity index (χ1v) is 12.3. The number of methoxy groups -OCH3 is 4. The molecular formula is C30H26O10. The van der Waals surface area contributed by atoms with Gasteiger partial charge in [-0.2, -0.15) is 0 Å². The summed E-state index contributed by atoms with van der Waals surface area (Å²) in [5.41, 5.74) is -0.920. The highest BCUT2D eigenvalue weighted by molar-refractivity contribution is 6.38. The first kappa shape index (κ1) is 26.7. The predicted molar refractivity (Wildman–Crippen MR) is 150 cm³/mol. The van der Waals surface area contributed by atoms with Crippen LogP contribution in [-0.4, -0.2) is 50.2 Å². The number of phenols is 2. The quantitative estimate of drug-likeness (QED) is 0.219. The third kappa shape index (κ3) is 3.48. The lowest BCUT2D eigenvalue weighted by Crippen LogP contribution is -2.16. The molecule has 0 radical (unpaired) electrons. The molecule has 206 valence electrons. The van der Waals surface area contributed by atoms with Crippen LogP contribution in [0.3, 0.4) is 0 Å². The first-order chi connectivity index (χ1) is 19.0. The zero-order valence-electron chi connectivity index (χ0n) is 22.7. The van der Waals surface area contributed by atoms with Crippen molar-refractivity contribution in [2.24, 2.45) is 0 Å². The summed E-state index contributed by atoms with van der Waals surface area (Å²) in [5, 5.41) is 23.6.